The first kappa shape index (κ1) is 17.9. The van der Waals surface area contributed by atoms with Crippen LogP contribution >= 0.6 is 0 Å². The molecule has 142 valence electrons. The van der Waals surface area contributed by atoms with Crippen molar-refractivity contribution in [2.45, 2.75) is 31.7 Å². The van der Waals surface area contributed by atoms with Crippen LogP contribution in [0, 0.1) is 0 Å². The zero-order valence-corrected chi connectivity index (χ0v) is 15.1. The molecule has 4 amide bonds. The summed E-state index contributed by atoms with van der Waals surface area (Å²) >= 11 is 0. The first-order valence-electron chi connectivity index (χ1n) is 9.13. The van der Waals surface area contributed by atoms with Crippen LogP contribution in [0.1, 0.15) is 36.3 Å². The molecule has 0 radical (unpaired) electrons. The lowest BCUT2D eigenvalue weighted by molar-refractivity contribution is -0.139. The minimum atomic E-state index is -0.551. The highest BCUT2D eigenvalue weighted by atomic mass is 16.2. The maximum absolute atomic E-state index is 12.7. The van der Waals surface area contributed by atoms with E-state index in [0.29, 0.717) is 11.4 Å². The summed E-state index contributed by atoms with van der Waals surface area (Å²) in [7, 11) is 0. The molecule has 2 aliphatic rings. The molecule has 0 saturated carbocycles. The van der Waals surface area contributed by atoms with Gasteiger partial charge < -0.3 is 10.6 Å². The minimum absolute atomic E-state index is 0.0973. The van der Waals surface area contributed by atoms with Gasteiger partial charge >= 0.3 is 0 Å². The summed E-state index contributed by atoms with van der Waals surface area (Å²) in [4.78, 5) is 49.3. The van der Waals surface area contributed by atoms with Crippen LogP contribution in [0.3, 0.4) is 0 Å². The quantitative estimate of drug-likeness (QED) is 0.800. The fourth-order valence-corrected chi connectivity index (χ4v) is 3.55. The molecule has 2 heterocycles. The Morgan fingerprint density at radius 1 is 1.00 bits per heavy atom. The van der Waals surface area contributed by atoms with E-state index >= 15 is 0 Å². The number of imide groups is 1. The van der Waals surface area contributed by atoms with Gasteiger partial charge in [0, 0.05) is 30.6 Å². The molecule has 1 saturated heterocycles. The standard InChI is InChI=1S/C21H19N3O4/c25-18-11-16(15-3-1-2-4-17(15)23-18)21(28)22-14-7-5-13(6-8-14)12-24-19(26)9-10-20(24)27/h1-8,16H,9-12H2,(H,22,28)(H,23,25). The van der Waals surface area contributed by atoms with Gasteiger partial charge in [0.2, 0.25) is 23.6 Å². The van der Waals surface area contributed by atoms with E-state index in [-0.39, 0.29) is 49.4 Å². The van der Waals surface area contributed by atoms with Crippen LogP contribution in [0.4, 0.5) is 11.4 Å². The largest absolute Gasteiger partial charge is 0.326 e. The van der Waals surface area contributed by atoms with Gasteiger partial charge in [-0.25, -0.2) is 0 Å². The number of carbonyl (C=O) groups excluding carboxylic acids is 4. The van der Waals surface area contributed by atoms with Crippen LogP contribution < -0.4 is 10.6 Å². The van der Waals surface area contributed by atoms with Crippen molar-refractivity contribution in [3.05, 3.63) is 59.7 Å². The van der Waals surface area contributed by atoms with Crippen molar-refractivity contribution in [2.75, 3.05) is 10.6 Å². The van der Waals surface area contributed by atoms with Crippen molar-refractivity contribution in [2.24, 2.45) is 0 Å². The Morgan fingerprint density at radius 2 is 1.68 bits per heavy atom. The van der Waals surface area contributed by atoms with Gasteiger partial charge in [-0.3, -0.25) is 24.1 Å². The highest BCUT2D eigenvalue weighted by Gasteiger charge is 2.31. The predicted molar refractivity (Wildman–Crippen MR) is 102 cm³/mol. The Kier molecular flexibility index (Phi) is 4.65. The Hall–Kier alpha value is -3.48. The third-order valence-corrected chi connectivity index (χ3v) is 5.03. The van der Waals surface area contributed by atoms with Crippen molar-refractivity contribution in [1.29, 1.82) is 0 Å². The second-order valence-corrected chi connectivity index (χ2v) is 6.95. The van der Waals surface area contributed by atoms with Crippen molar-refractivity contribution in [1.82, 2.24) is 4.90 Å². The lowest BCUT2D eigenvalue weighted by Gasteiger charge is -2.24. The molecule has 0 aliphatic carbocycles. The first-order chi connectivity index (χ1) is 13.5. The molecule has 28 heavy (non-hydrogen) atoms. The fraction of sp³-hybridized carbons (Fsp3) is 0.238. The normalized spacial score (nSPS) is 18.6. The Balaban J connectivity index is 1.45. The van der Waals surface area contributed by atoms with E-state index in [2.05, 4.69) is 10.6 Å². The topological polar surface area (TPSA) is 95.6 Å². The van der Waals surface area contributed by atoms with Gasteiger partial charge in [0.15, 0.2) is 0 Å². The number of anilines is 2. The summed E-state index contributed by atoms with van der Waals surface area (Å²) < 4.78 is 0. The number of likely N-dealkylation sites (tertiary alicyclic amines) is 1. The average Bonchev–Trinajstić information content (AvgIpc) is 3.00. The van der Waals surface area contributed by atoms with E-state index < -0.39 is 5.92 Å². The van der Waals surface area contributed by atoms with Gasteiger partial charge in [0.05, 0.1) is 12.5 Å². The molecule has 2 aliphatic heterocycles. The number of hydrogen-bond acceptors (Lipinski definition) is 4. The molecule has 2 aromatic carbocycles. The molecule has 7 nitrogen and oxygen atoms in total. The van der Waals surface area contributed by atoms with Gasteiger partial charge in [-0.15, -0.1) is 0 Å². The van der Waals surface area contributed by atoms with E-state index in [0.717, 1.165) is 11.1 Å². The van der Waals surface area contributed by atoms with Gasteiger partial charge in [-0.2, -0.15) is 0 Å². The minimum Gasteiger partial charge on any atom is -0.326 e. The molecule has 2 aromatic rings. The zero-order valence-electron chi connectivity index (χ0n) is 15.1. The molecule has 0 aromatic heterocycles. The molecule has 4 rings (SSSR count). The first-order valence-corrected chi connectivity index (χ1v) is 9.13. The molecule has 2 N–H and O–H groups in total. The summed E-state index contributed by atoms with van der Waals surface area (Å²) in [6.07, 6.45) is 0.632. The van der Waals surface area contributed by atoms with E-state index in [1.807, 2.05) is 18.2 Å². The van der Waals surface area contributed by atoms with Crippen molar-refractivity contribution >= 4 is 35.0 Å². The van der Waals surface area contributed by atoms with Crippen LogP contribution in [0.25, 0.3) is 0 Å². The molecular formula is C21H19N3O4. The number of rotatable bonds is 4. The van der Waals surface area contributed by atoms with Crippen molar-refractivity contribution in [3.63, 3.8) is 0 Å². The second-order valence-electron chi connectivity index (χ2n) is 6.95. The number of amides is 4. The van der Waals surface area contributed by atoms with Crippen molar-refractivity contribution in [3.8, 4) is 0 Å². The number of hydrogen-bond donors (Lipinski definition) is 2. The predicted octanol–water partition coefficient (Wildman–Crippen LogP) is 2.40. The van der Waals surface area contributed by atoms with E-state index in [1.165, 1.54) is 4.90 Å². The summed E-state index contributed by atoms with van der Waals surface area (Å²) in [5.41, 5.74) is 2.86. The number of para-hydroxylation sites is 1. The third-order valence-electron chi connectivity index (χ3n) is 5.03. The molecular weight excluding hydrogens is 358 g/mol. The SMILES string of the molecule is O=C1CC(C(=O)Nc2ccc(CN3C(=O)CCC3=O)cc2)c2ccccc2N1. The molecule has 0 bridgehead atoms. The number of nitrogens with one attached hydrogen (secondary N) is 2. The molecule has 0 spiro atoms. The highest BCUT2D eigenvalue weighted by Crippen LogP contribution is 2.32. The van der Waals surface area contributed by atoms with Gasteiger partial charge in [-0.1, -0.05) is 30.3 Å². The Bertz CT molecular complexity index is 952. The number of benzene rings is 2. The van der Waals surface area contributed by atoms with Crippen LogP contribution in [-0.2, 0) is 25.7 Å². The van der Waals surface area contributed by atoms with Crippen molar-refractivity contribution < 1.29 is 19.2 Å². The van der Waals surface area contributed by atoms with E-state index in [9.17, 15) is 19.2 Å². The lowest BCUT2D eigenvalue weighted by Crippen LogP contribution is -2.30. The molecule has 1 fully saturated rings. The maximum atomic E-state index is 12.7. The molecule has 7 heteroatoms. The van der Waals surface area contributed by atoms with Crippen LogP contribution in [0.2, 0.25) is 0 Å². The maximum Gasteiger partial charge on any atom is 0.232 e. The van der Waals surface area contributed by atoms with Crippen LogP contribution in [-0.4, -0.2) is 28.5 Å². The van der Waals surface area contributed by atoms with Gasteiger partial charge in [0.1, 0.15) is 0 Å². The van der Waals surface area contributed by atoms with Gasteiger partial charge in [-0.05, 0) is 29.3 Å². The highest BCUT2D eigenvalue weighted by molar-refractivity contribution is 6.05. The Morgan fingerprint density at radius 3 is 2.39 bits per heavy atom. The average molecular weight is 377 g/mol. The number of nitrogens with zero attached hydrogens (tertiary/aromatic N) is 1. The van der Waals surface area contributed by atoms with E-state index in [1.54, 1.807) is 30.3 Å². The summed E-state index contributed by atoms with van der Waals surface area (Å²) in [5.74, 6) is -1.30. The smallest absolute Gasteiger partial charge is 0.232 e. The summed E-state index contributed by atoms with van der Waals surface area (Å²) in [6, 6.07) is 14.3. The van der Waals surface area contributed by atoms with E-state index in [4.69, 9.17) is 0 Å². The molecule has 1 unspecified atom stereocenters. The lowest BCUT2D eigenvalue weighted by atomic mass is 9.90. The molecule has 1 atom stereocenters. The third kappa shape index (κ3) is 3.51. The number of fused-ring (bicyclic) bond motifs is 1. The van der Waals surface area contributed by atoms with Gasteiger partial charge in [0.25, 0.3) is 0 Å². The monoisotopic (exact) mass is 377 g/mol. The Labute approximate surface area is 161 Å². The zero-order chi connectivity index (χ0) is 19.7. The fourth-order valence-electron chi connectivity index (χ4n) is 3.55. The van der Waals surface area contributed by atoms with Crippen LogP contribution in [0.5, 0.6) is 0 Å². The summed E-state index contributed by atoms with van der Waals surface area (Å²) in [6.45, 7) is 0.238. The summed E-state index contributed by atoms with van der Waals surface area (Å²) in [5, 5.41) is 5.62. The number of carbonyl (C=O) groups is 4. The second kappa shape index (κ2) is 7.26. The van der Waals surface area contributed by atoms with Crippen LogP contribution in [0.15, 0.2) is 48.5 Å².